The van der Waals surface area contributed by atoms with Crippen LogP contribution in [0.1, 0.15) is 11.7 Å². The Morgan fingerprint density at radius 3 is 2.56 bits per heavy atom. The Hall–Kier alpha value is -2.07. The van der Waals surface area contributed by atoms with Crippen LogP contribution in [0.3, 0.4) is 0 Å². The third-order valence-corrected chi connectivity index (χ3v) is 2.86. The molecule has 2 aromatic rings. The lowest BCUT2D eigenvalue weighted by Gasteiger charge is -2.16. The summed E-state index contributed by atoms with van der Waals surface area (Å²) in [6.45, 7) is 0. The van der Waals surface area contributed by atoms with Gasteiger partial charge in [0.25, 0.3) is 0 Å². The number of benzene rings is 2. The molecule has 0 aliphatic rings. The topological polar surface area (TPSA) is 55.8 Å². The summed E-state index contributed by atoms with van der Waals surface area (Å²) in [5.41, 5.74) is 0.433. The number of hydrogen-bond donors (Lipinski definition) is 1. The van der Waals surface area contributed by atoms with E-state index in [0.29, 0.717) is 5.56 Å². The Morgan fingerprint density at radius 1 is 1.17 bits per heavy atom. The molecule has 0 radical (unpaired) electrons. The molecule has 94 valence electrons. The highest BCUT2D eigenvalue weighted by Crippen LogP contribution is 2.34. The summed E-state index contributed by atoms with van der Waals surface area (Å²) >= 11 is 0. The number of hydrogen-bond acceptors (Lipinski definition) is 4. The molecule has 0 aliphatic carbocycles. The van der Waals surface area contributed by atoms with Crippen LogP contribution >= 0.6 is 0 Å². The minimum absolute atomic E-state index is 0.0194. The Bertz CT molecular complexity index is 577. The zero-order valence-corrected chi connectivity index (χ0v) is 10.2. The summed E-state index contributed by atoms with van der Waals surface area (Å²) in [5, 5.41) is 11.7. The van der Waals surface area contributed by atoms with Gasteiger partial charge in [0, 0.05) is 12.7 Å². The van der Waals surface area contributed by atoms with Gasteiger partial charge in [0.2, 0.25) is 0 Å². The average Bonchev–Trinajstić information content (AvgIpc) is 2.41. The van der Waals surface area contributed by atoms with Gasteiger partial charge in [0.05, 0.1) is 7.11 Å². The van der Waals surface area contributed by atoms with Crippen LogP contribution in [0.25, 0.3) is 10.8 Å². The highest BCUT2D eigenvalue weighted by atomic mass is 16.6. The van der Waals surface area contributed by atoms with Crippen molar-refractivity contribution in [3.05, 3.63) is 42.0 Å². The number of esters is 1. The van der Waals surface area contributed by atoms with Crippen LogP contribution in [0.2, 0.25) is 0 Å². The lowest BCUT2D eigenvalue weighted by Crippen LogP contribution is -2.16. The highest BCUT2D eigenvalue weighted by molar-refractivity contribution is 5.92. The van der Waals surface area contributed by atoms with E-state index in [2.05, 4.69) is 4.74 Å². The fraction of sp³-hybridized carbons (Fsp3) is 0.214. The molecule has 0 saturated heterocycles. The van der Waals surface area contributed by atoms with Crippen molar-refractivity contribution in [2.24, 2.45) is 0 Å². The zero-order valence-electron chi connectivity index (χ0n) is 10.2. The van der Waals surface area contributed by atoms with Crippen molar-refractivity contribution in [2.75, 3.05) is 14.2 Å². The number of ether oxygens (including phenoxy) is 2. The number of phenols is 1. The molecule has 0 spiro atoms. The van der Waals surface area contributed by atoms with E-state index >= 15 is 0 Å². The van der Waals surface area contributed by atoms with Gasteiger partial charge in [-0.05, 0) is 16.8 Å². The Labute approximate surface area is 105 Å². The van der Waals surface area contributed by atoms with Gasteiger partial charge in [-0.25, -0.2) is 4.79 Å². The molecule has 18 heavy (non-hydrogen) atoms. The van der Waals surface area contributed by atoms with Gasteiger partial charge >= 0.3 is 5.97 Å². The molecule has 0 aliphatic heterocycles. The van der Waals surface area contributed by atoms with Crippen molar-refractivity contribution in [1.82, 2.24) is 0 Å². The first-order valence-corrected chi connectivity index (χ1v) is 5.50. The van der Waals surface area contributed by atoms with Crippen LogP contribution < -0.4 is 0 Å². The molecule has 0 saturated carbocycles. The largest absolute Gasteiger partial charge is 0.508 e. The van der Waals surface area contributed by atoms with E-state index < -0.39 is 12.1 Å². The molecule has 2 rings (SSSR count). The van der Waals surface area contributed by atoms with Crippen molar-refractivity contribution >= 4 is 16.7 Å². The van der Waals surface area contributed by atoms with Crippen LogP contribution in [0.15, 0.2) is 36.4 Å². The number of aromatic hydroxyl groups is 1. The van der Waals surface area contributed by atoms with Crippen LogP contribution in [0.5, 0.6) is 5.75 Å². The van der Waals surface area contributed by atoms with E-state index in [-0.39, 0.29) is 5.75 Å². The standard InChI is InChI=1S/C14H14O4/c1-17-13(14(16)18-2)12-10-6-4-3-5-9(10)7-8-11(12)15/h3-8,13,15H,1-2H3. The third-order valence-electron chi connectivity index (χ3n) is 2.86. The van der Waals surface area contributed by atoms with Gasteiger partial charge in [-0.3, -0.25) is 0 Å². The normalized spacial score (nSPS) is 12.3. The predicted octanol–water partition coefficient (Wildman–Crippen LogP) is 2.41. The molecule has 1 unspecified atom stereocenters. The molecule has 1 atom stereocenters. The van der Waals surface area contributed by atoms with Gasteiger partial charge in [-0.15, -0.1) is 0 Å². The lowest BCUT2D eigenvalue weighted by atomic mass is 9.99. The van der Waals surface area contributed by atoms with E-state index in [1.807, 2.05) is 24.3 Å². The maximum atomic E-state index is 11.7. The third kappa shape index (κ3) is 2.02. The zero-order chi connectivity index (χ0) is 13.1. The SMILES string of the molecule is COC(=O)C(OC)c1c(O)ccc2ccccc12. The number of fused-ring (bicyclic) bond motifs is 1. The van der Waals surface area contributed by atoms with E-state index in [1.54, 1.807) is 12.1 Å². The van der Waals surface area contributed by atoms with E-state index in [0.717, 1.165) is 10.8 Å². The number of rotatable bonds is 3. The van der Waals surface area contributed by atoms with Crippen LogP contribution in [0, 0.1) is 0 Å². The summed E-state index contributed by atoms with van der Waals surface area (Å²) in [4.78, 5) is 11.7. The van der Waals surface area contributed by atoms with Crippen molar-refractivity contribution < 1.29 is 19.4 Å². The second kappa shape index (κ2) is 5.06. The first-order valence-electron chi connectivity index (χ1n) is 5.50. The summed E-state index contributed by atoms with van der Waals surface area (Å²) in [7, 11) is 2.69. The smallest absolute Gasteiger partial charge is 0.339 e. The van der Waals surface area contributed by atoms with E-state index in [4.69, 9.17) is 4.74 Å². The van der Waals surface area contributed by atoms with Crippen molar-refractivity contribution in [2.45, 2.75) is 6.10 Å². The average molecular weight is 246 g/mol. The molecule has 0 aromatic heterocycles. The monoisotopic (exact) mass is 246 g/mol. The number of carbonyl (C=O) groups is 1. The molecular weight excluding hydrogens is 232 g/mol. The molecule has 2 aromatic carbocycles. The minimum atomic E-state index is -0.930. The van der Waals surface area contributed by atoms with Crippen LogP contribution in [-0.4, -0.2) is 25.3 Å². The maximum Gasteiger partial charge on any atom is 0.339 e. The molecular formula is C14H14O4. The fourth-order valence-corrected chi connectivity index (χ4v) is 2.00. The summed E-state index contributed by atoms with van der Waals surface area (Å²) in [6.07, 6.45) is -0.930. The Morgan fingerprint density at radius 2 is 1.89 bits per heavy atom. The number of phenolic OH excluding ortho intramolecular Hbond substituents is 1. The first-order chi connectivity index (χ1) is 8.69. The Kier molecular flexibility index (Phi) is 3.48. The van der Waals surface area contributed by atoms with Crippen molar-refractivity contribution in [1.29, 1.82) is 0 Å². The van der Waals surface area contributed by atoms with Gasteiger partial charge < -0.3 is 14.6 Å². The number of carbonyl (C=O) groups excluding carboxylic acids is 1. The fourth-order valence-electron chi connectivity index (χ4n) is 2.00. The van der Waals surface area contributed by atoms with E-state index in [1.165, 1.54) is 14.2 Å². The maximum absolute atomic E-state index is 11.7. The molecule has 0 heterocycles. The number of methoxy groups -OCH3 is 2. The molecule has 0 bridgehead atoms. The van der Waals surface area contributed by atoms with Gasteiger partial charge in [0.15, 0.2) is 6.10 Å². The lowest BCUT2D eigenvalue weighted by molar-refractivity contribution is -0.152. The predicted molar refractivity (Wildman–Crippen MR) is 67.4 cm³/mol. The van der Waals surface area contributed by atoms with Crippen LogP contribution in [0.4, 0.5) is 0 Å². The van der Waals surface area contributed by atoms with Crippen molar-refractivity contribution in [3.8, 4) is 5.75 Å². The van der Waals surface area contributed by atoms with Gasteiger partial charge in [-0.1, -0.05) is 30.3 Å². The highest BCUT2D eigenvalue weighted by Gasteiger charge is 2.25. The Balaban J connectivity index is 2.67. The second-order valence-corrected chi connectivity index (χ2v) is 3.86. The summed E-state index contributed by atoms with van der Waals surface area (Å²) < 4.78 is 9.83. The quantitative estimate of drug-likeness (QED) is 0.845. The summed E-state index contributed by atoms with van der Waals surface area (Å²) in [5.74, 6) is -0.518. The van der Waals surface area contributed by atoms with Crippen molar-refractivity contribution in [3.63, 3.8) is 0 Å². The second-order valence-electron chi connectivity index (χ2n) is 3.86. The molecule has 0 fully saturated rings. The van der Waals surface area contributed by atoms with E-state index in [9.17, 15) is 9.90 Å². The summed E-state index contributed by atoms with van der Waals surface area (Å²) in [6, 6.07) is 10.8. The molecule has 1 N–H and O–H groups in total. The van der Waals surface area contributed by atoms with Gasteiger partial charge in [-0.2, -0.15) is 0 Å². The molecule has 0 amide bonds. The van der Waals surface area contributed by atoms with Crippen LogP contribution in [-0.2, 0) is 14.3 Å². The minimum Gasteiger partial charge on any atom is -0.508 e. The first kappa shape index (κ1) is 12.4. The van der Waals surface area contributed by atoms with Gasteiger partial charge in [0.1, 0.15) is 5.75 Å². The molecule has 4 heteroatoms. The molecule has 4 nitrogen and oxygen atoms in total.